The Morgan fingerprint density at radius 3 is 2.82 bits per heavy atom. The Kier molecular flexibility index (Phi) is 3.34. The first-order valence-corrected chi connectivity index (χ1v) is 7.50. The van der Waals surface area contributed by atoms with E-state index in [0.29, 0.717) is 9.44 Å². The monoisotopic (exact) mass is 340 g/mol. The molecule has 1 aliphatic carbocycles. The van der Waals surface area contributed by atoms with Crippen molar-refractivity contribution in [2.24, 2.45) is 5.73 Å². The van der Waals surface area contributed by atoms with Gasteiger partial charge in [-0.2, -0.15) is 0 Å². The zero-order valence-electron chi connectivity index (χ0n) is 11.0. The molecule has 3 rings (SSSR count). The van der Waals surface area contributed by atoms with E-state index in [4.69, 9.17) is 17.3 Å². The third-order valence-corrected chi connectivity index (χ3v) is 4.47. The Bertz CT molecular complexity index is 900. The van der Waals surface area contributed by atoms with E-state index in [1.165, 1.54) is 17.4 Å². The summed E-state index contributed by atoms with van der Waals surface area (Å²) in [4.78, 5) is 24.5. The summed E-state index contributed by atoms with van der Waals surface area (Å²) in [6.45, 7) is 0. The molecule has 5 nitrogen and oxygen atoms in total. The number of hydrogen-bond acceptors (Lipinski definition) is 4. The Hall–Kier alpha value is -2.12. The number of nitrogens with two attached hydrogens (primary N) is 1. The second-order valence-corrected chi connectivity index (χ2v) is 6.37. The molecular formula is C14H10ClFN2O3S. The van der Waals surface area contributed by atoms with Crippen LogP contribution in [0.25, 0.3) is 12.2 Å². The largest absolute Gasteiger partial charge is 0.494 e. The van der Waals surface area contributed by atoms with Crippen LogP contribution in [0.4, 0.5) is 9.18 Å². The molecule has 2 aromatic heterocycles. The Morgan fingerprint density at radius 1 is 1.50 bits per heavy atom. The Morgan fingerprint density at radius 2 is 2.23 bits per heavy atom. The van der Waals surface area contributed by atoms with Crippen LogP contribution in [0.1, 0.15) is 21.7 Å². The smallest absolute Gasteiger partial charge is 0.326 e. The van der Waals surface area contributed by atoms with Gasteiger partial charge in [-0.1, -0.05) is 23.7 Å². The first kappa shape index (κ1) is 14.8. The lowest BCUT2D eigenvalue weighted by atomic mass is 10.1. The molecule has 0 saturated carbocycles. The van der Waals surface area contributed by atoms with E-state index in [9.17, 15) is 19.1 Å². The van der Waals surface area contributed by atoms with Gasteiger partial charge in [-0.3, -0.25) is 4.79 Å². The van der Waals surface area contributed by atoms with E-state index in [1.54, 1.807) is 17.5 Å². The number of amides is 1. The second-order valence-electron chi connectivity index (χ2n) is 4.79. The minimum Gasteiger partial charge on any atom is -0.494 e. The first-order valence-electron chi connectivity index (χ1n) is 6.24. The van der Waals surface area contributed by atoms with Crippen molar-refractivity contribution in [1.29, 1.82) is 0 Å². The molecule has 0 fully saturated rings. The SMILES string of the molecule is NC(=O)n1c(O)c(C(=O)c2cccs2)c2c1=CC(F)(Cl)CC=2. The van der Waals surface area contributed by atoms with Crippen LogP contribution in [-0.4, -0.2) is 26.6 Å². The van der Waals surface area contributed by atoms with Gasteiger partial charge in [0, 0.05) is 11.6 Å². The average Bonchev–Trinajstić information content (AvgIpc) is 3.02. The zero-order chi connectivity index (χ0) is 16.1. The molecule has 1 atom stereocenters. The molecule has 2 aromatic rings. The first-order chi connectivity index (χ1) is 10.3. The van der Waals surface area contributed by atoms with Crippen molar-refractivity contribution in [3.63, 3.8) is 0 Å². The van der Waals surface area contributed by atoms with Crippen LogP contribution in [-0.2, 0) is 0 Å². The maximum atomic E-state index is 14.0. The Balaban J connectivity index is 2.36. The van der Waals surface area contributed by atoms with Crippen LogP contribution >= 0.6 is 22.9 Å². The molecule has 0 spiro atoms. The van der Waals surface area contributed by atoms with E-state index in [1.807, 2.05) is 0 Å². The molecule has 3 N–H and O–H groups in total. The van der Waals surface area contributed by atoms with Crippen molar-refractivity contribution in [1.82, 2.24) is 4.57 Å². The van der Waals surface area contributed by atoms with Gasteiger partial charge in [-0.25, -0.2) is 13.8 Å². The van der Waals surface area contributed by atoms with Gasteiger partial charge in [0.2, 0.25) is 16.8 Å². The van der Waals surface area contributed by atoms with Gasteiger partial charge in [0.1, 0.15) is 0 Å². The number of fused-ring (bicyclic) bond motifs is 1. The number of ketones is 1. The molecule has 0 saturated heterocycles. The molecule has 1 unspecified atom stereocenters. The topological polar surface area (TPSA) is 85.3 Å². The number of carbonyl (C=O) groups excluding carboxylic acids is 2. The summed E-state index contributed by atoms with van der Waals surface area (Å²) in [6.07, 6.45) is 2.16. The molecule has 22 heavy (non-hydrogen) atoms. The number of carbonyl (C=O) groups is 2. The number of aromatic hydroxyl groups is 1. The summed E-state index contributed by atoms with van der Waals surface area (Å²) in [6, 6.07) is 2.25. The minimum absolute atomic E-state index is 0.0198. The van der Waals surface area contributed by atoms with Crippen molar-refractivity contribution in [2.75, 3.05) is 0 Å². The standard InChI is InChI=1S/C14H10ClFN2O3S/c15-14(16)4-3-7-8(6-14)18(13(17)21)12(20)10(7)11(19)9-2-1-5-22-9/h1-3,5-6,20H,4H2,(H2,17,21). The fourth-order valence-electron chi connectivity index (χ4n) is 2.42. The quantitative estimate of drug-likeness (QED) is 0.638. The van der Waals surface area contributed by atoms with Gasteiger partial charge in [-0.15, -0.1) is 11.3 Å². The van der Waals surface area contributed by atoms with Gasteiger partial charge in [0.15, 0.2) is 0 Å². The fourth-order valence-corrected chi connectivity index (χ4v) is 3.27. The molecule has 114 valence electrons. The highest BCUT2D eigenvalue weighted by Crippen LogP contribution is 2.27. The van der Waals surface area contributed by atoms with Crippen molar-refractivity contribution in [2.45, 2.75) is 11.5 Å². The molecular weight excluding hydrogens is 331 g/mol. The predicted octanol–water partition coefficient (Wildman–Crippen LogP) is 1.28. The van der Waals surface area contributed by atoms with Crippen LogP contribution in [0.3, 0.4) is 0 Å². The maximum absolute atomic E-state index is 14.0. The number of thiophene rings is 1. The van der Waals surface area contributed by atoms with Crippen molar-refractivity contribution >= 4 is 46.9 Å². The molecule has 1 aliphatic rings. The minimum atomic E-state index is -2.20. The van der Waals surface area contributed by atoms with Crippen LogP contribution in [0, 0.1) is 0 Å². The summed E-state index contributed by atoms with van der Waals surface area (Å²) in [5.41, 5.74) is 5.13. The number of alkyl halides is 2. The van der Waals surface area contributed by atoms with Gasteiger partial charge >= 0.3 is 6.03 Å². The number of aromatic nitrogens is 1. The molecule has 2 heterocycles. The number of primary amides is 1. The lowest BCUT2D eigenvalue weighted by Crippen LogP contribution is -2.41. The van der Waals surface area contributed by atoms with Crippen molar-refractivity contribution in [3.8, 4) is 5.88 Å². The predicted molar refractivity (Wildman–Crippen MR) is 81.3 cm³/mol. The highest BCUT2D eigenvalue weighted by molar-refractivity contribution is 7.12. The highest BCUT2D eigenvalue weighted by Gasteiger charge is 2.31. The molecule has 1 amide bonds. The van der Waals surface area contributed by atoms with Gasteiger partial charge in [0.25, 0.3) is 0 Å². The third kappa shape index (κ3) is 2.22. The molecule has 0 aromatic carbocycles. The lowest BCUT2D eigenvalue weighted by molar-refractivity contribution is 0.103. The number of nitrogens with zero attached hydrogens (tertiary/aromatic N) is 1. The van der Waals surface area contributed by atoms with E-state index >= 15 is 0 Å². The van der Waals surface area contributed by atoms with Gasteiger partial charge in [0.05, 0.1) is 15.8 Å². The molecule has 0 aliphatic heterocycles. The molecule has 8 heteroatoms. The average molecular weight is 341 g/mol. The van der Waals surface area contributed by atoms with Gasteiger partial charge in [-0.05, 0) is 17.5 Å². The molecule has 0 radical (unpaired) electrons. The number of halogens is 2. The van der Waals surface area contributed by atoms with E-state index < -0.39 is 22.8 Å². The van der Waals surface area contributed by atoms with Crippen molar-refractivity contribution in [3.05, 3.63) is 38.5 Å². The second kappa shape index (κ2) is 4.96. The number of hydrogen-bond donors (Lipinski definition) is 2. The van der Waals surface area contributed by atoms with Crippen molar-refractivity contribution < 1.29 is 19.1 Å². The normalized spacial score (nSPS) is 19.9. The molecule has 0 bridgehead atoms. The maximum Gasteiger partial charge on any atom is 0.326 e. The third-order valence-electron chi connectivity index (χ3n) is 3.34. The van der Waals surface area contributed by atoms with E-state index in [-0.39, 0.29) is 22.6 Å². The Labute approximate surface area is 132 Å². The van der Waals surface area contributed by atoms with Crippen LogP contribution in [0.2, 0.25) is 0 Å². The summed E-state index contributed by atoms with van der Waals surface area (Å²) < 4.78 is 14.6. The number of rotatable bonds is 2. The zero-order valence-corrected chi connectivity index (χ0v) is 12.6. The van der Waals surface area contributed by atoms with Crippen LogP contribution in [0.5, 0.6) is 5.88 Å². The van der Waals surface area contributed by atoms with Crippen LogP contribution < -0.4 is 16.3 Å². The fraction of sp³-hybridized carbons (Fsp3) is 0.143. The highest BCUT2D eigenvalue weighted by atomic mass is 35.5. The van der Waals surface area contributed by atoms with Crippen LogP contribution in [0.15, 0.2) is 17.5 Å². The summed E-state index contributed by atoms with van der Waals surface area (Å²) in [7, 11) is 0. The van der Waals surface area contributed by atoms with E-state index in [0.717, 1.165) is 6.08 Å². The van der Waals surface area contributed by atoms with E-state index in [2.05, 4.69) is 0 Å². The van der Waals surface area contributed by atoms with Gasteiger partial charge < -0.3 is 10.8 Å². The summed E-state index contributed by atoms with van der Waals surface area (Å²) in [5.74, 6) is -1.08. The lowest BCUT2D eigenvalue weighted by Gasteiger charge is -2.13. The summed E-state index contributed by atoms with van der Waals surface area (Å²) >= 11 is 6.83. The summed E-state index contributed by atoms with van der Waals surface area (Å²) in [5, 5.41) is 9.98.